The molecule has 0 bridgehead atoms. The lowest BCUT2D eigenvalue weighted by Gasteiger charge is -2.22. The lowest BCUT2D eigenvalue weighted by molar-refractivity contribution is 0.167. The number of benzene rings is 1. The molecule has 2 unspecified atom stereocenters. The maximum Gasteiger partial charge on any atom is 0.191 e. The normalized spacial score (nSPS) is 21.3. The third-order valence-electron chi connectivity index (χ3n) is 4.71. The van der Waals surface area contributed by atoms with E-state index < -0.39 is 0 Å². The van der Waals surface area contributed by atoms with Crippen molar-refractivity contribution in [2.75, 3.05) is 26.2 Å². The van der Waals surface area contributed by atoms with E-state index in [9.17, 15) is 5.11 Å². The molecule has 1 aromatic rings. The Balaban J connectivity index is 0.00000338. The minimum Gasteiger partial charge on any atom is -0.396 e. The number of nitrogens with one attached hydrogen (secondary N) is 2. The summed E-state index contributed by atoms with van der Waals surface area (Å²) < 4.78 is 0. The lowest BCUT2D eigenvalue weighted by atomic mass is 9.95. The Morgan fingerprint density at radius 3 is 2.62 bits per heavy atom. The zero-order valence-electron chi connectivity index (χ0n) is 16.5. The number of aliphatic hydroxyl groups is 1. The van der Waals surface area contributed by atoms with Crippen LogP contribution in [0.2, 0.25) is 0 Å². The summed E-state index contributed by atoms with van der Waals surface area (Å²) in [5, 5.41) is 16.3. The van der Waals surface area contributed by atoms with Crippen molar-refractivity contribution >= 4 is 29.9 Å². The van der Waals surface area contributed by atoms with Gasteiger partial charge in [-0.3, -0.25) is 9.89 Å². The van der Waals surface area contributed by atoms with Gasteiger partial charge in [-0.25, -0.2) is 0 Å². The Morgan fingerprint density at radius 1 is 1.31 bits per heavy atom. The predicted octanol–water partition coefficient (Wildman–Crippen LogP) is 2.84. The highest BCUT2D eigenvalue weighted by atomic mass is 127. The molecule has 1 aromatic carbocycles. The average molecular weight is 474 g/mol. The quantitative estimate of drug-likeness (QED) is 0.323. The molecule has 1 aliphatic heterocycles. The van der Waals surface area contributed by atoms with Gasteiger partial charge in [-0.2, -0.15) is 0 Å². The second-order valence-electron chi connectivity index (χ2n) is 7.86. The molecular formula is C20H35IN4O. The monoisotopic (exact) mass is 474 g/mol. The standard InChI is InChI=1S/C20H34N4O.HI/c1-5-21-19(22-14-20(3,4)15-25)23-18-11-16(2)24(13-18)12-17-9-7-6-8-10-17;/h6-10,16,18,25H,5,11-15H2,1-4H3,(H2,21,22,23);1H. The minimum atomic E-state index is -0.190. The molecule has 2 atom stereocenters. The number of rotatable bonds is 7. The maximum absolute atomic E-state index is 9.41. The molecule has 26 heavy (non-hydrogen) atoms. The van der Waals surface area contributed by atoms with Gasteiger partial charge in [-0.15, -0.1) is 24.0 Å². The zero-order valence-corrected chi connectivity index (χ0v) is 18.9. The fraction of sp³-hybridized carbons (Fsp3) is 0.650. The van der Waals surface area contributed by atoms with Crippen molar-refractivity contribution in [2.24, 2.45) is 10.4 Å². The van der Waals surface area contributed by atoms with Crippen LogP contribution in [-0.4, -0.2) is 54.3 Å². The van der Waals surface area contributed by atoms with Crippen molar-refractivity contribution < 1.29 is 5.11 Å². The number of halogens is 1. The van der Waals surface area contributed by atoms with E-state index in [1.807, 2.05) is 13.8 Å². The highest BCUT2D eigenvalue weighted by molar-refractivity contribution is 14.0. The molecule has 0 amide bonds. The van der Waals surface area contributed by atoms with Crippen molar-refractivity contribution in [3.8, 4) is 0 Å². The first kappa shape index (κ1) is 23.2. The smallest absolute Gasteiger partial charge is 0.191 e. The van der Waals surface area contributed by atoms with Crippen LogP contribution in [0.15, 0.2) is 35.3 Å². The lowest BCUT2D eigenvalue weighted by Crippen LogP contribution is -2.45. The second-order valence-corrected chi connectivity index (χ2v) is 7.86. The molecule has 148 valence electrons. The summed E-state index contributed by atoms with van der Waals surface area (Å²) in [6, 6.07) is 11.6. The molecule has 0 radical (unpaired) electrons. The fourth-order valence-corrected chi connectivity index (χ4v) is 3.10. The van der Waals surface area contributed by atoms with E-state index in [1.54, 1.807) is 0 Å². The number of hydrogen-bond donors (Lipinski definition) is 3. The summed E-state index contributed by atoms with van der Waals surface area (Å²) in [5.41, 5.74) is 1.17. The molecule has 0 aromatic heterocycles. The van der Waals surface area contributed by atoms with E-state index >= 15 is 0 Å². The molecule has 0 saturated carbocycles. The Kier molecular flexibility index (Phi) is 9.89. The van der Waals surface area contributed by atoms with Crippen LogP contribution in [-0.2, 0) is 6.54 Å². The van der Waals surface area contributed by atoms with E-state index in [1.165, 1.54) is 5.56 Å². The SMILES string of the molecule is CCNC(=NCC(C)(C)CO)NC1CC(C)N(Cc2ccccc2)C1.I. The molecule has 1 fully saturated rings. The highest BCUT2D eigenvalue weighted by Crippen LogP contribution is 2.20. The van der Waals surface area contributed by atoms with Gasteiger partial charge < -0.3 is 15.7 Å². The summed E-state index contributed by atoms with van der Waals surface area (Å²) in [5.74, 6) is 0.850. The predicted molar refractivity (Wildman–Crippen MR) is 120 cm³/mol. The van der Waals surface area contributed by atoms with Crippen LogP contribution >= 0.6 is 24.0 Å². The number of guanidine groups is 1. The van der Waals surface area contributed by atoms with Gasteiger partial charge in [0.1, 0.15) is 0 Å². The third-order valence-corrected chi connectivity index (χ3v) is 4.71. The zero-order chi connectivity index (χ0) is 18.3. The first-order valence-electron chi connectivity index (χ1n) is 9.37. The molecule has 1 saturated heterocycles. The van der Waals surface area contributed by atoms with Gasteiger partial charge in [0.2, 0.25) is 0 Å². The number of nitrogens with zero attached hydrogens (tertiary/aromatic N) is 2. The van der Waals surface area contributed by atoms with Crippen molar-refractivity contribution in [3.05, 3.63) is 35.9 Å². The second kappa shape index (κ2) is 11.1. The molecule has 2 rings (SSSR count). The van der Waals surface area contributed by atoms with Gasteiger partial charge in [0, 0.05) is 43.7 Å². The molecule has 6 heteroatoms. The Labute approximate surface area is 175 Å². The van der Waals surface area contributed by atoms with Crippen molar-refractivity contribution in [1.82, 2.24) is 15.5 Å². The number of aliphatic imine (C=N–C) groups is 1. The molecule has 0 spiro atoms. The summed E-state index contributed by atoms with van der Waals surface area (Å²) in [6.45, 7) is 12.0. The Hall–Kier alpha value is -0.860. The largest absolute Gasteiger partial charge is 0.396 e. The van der Waals surface area contributed by atoms with E-state index in [2.05, 4.69) is 64.7 Å². The topological polar surface area (TPSA) is 59.9 Å². The first-order chi connectivity index (χ1) is 11.9. The molecule has 1 aliphatic rings. The van der Waals surface area contributed by atoms with Crippen molar-refractivity contribution in [2.45, 2.75) is 52.7 Å². The third kappa shape index (κ3) is 7.40. The van der Waals surface area contributed by atoms with Gasteiger partial charge >= 0.3 is 0 Å². The van der Waals surface area contributed by atoms with Gasteiger partial charge in [0.15, 0.2) is 5.96 Å². The molecule has 3 N–H and O–H groups in total. The molecule has 0 aliphatic carbocycles. The van der Waals surface area contributed by atoms with Crippen LogP contribution in [0.3, 0.4) is 0 Å². The summed E-state index contributed by atoms with van der Waals surface area (Å²) >= 11 is 0. The minimum absolute atomic E-state index is 0. The van der Waals surface area contributed by atoms with Crippen LogP contribution in [0.25, 0.3) is 0 Å². The van der Waals surface area contributed by atoms with E-state index in [-0.39, 0.29) is 36.0 Å². The molecule has 1 heterocycles. The number of likely N-dealkylation sites (tertiary alicyclic amines) is 1. The van der Waals surface area contributed by atoms with Gasteiger partial charge in [-0.1, -0.05) is 44.2 Å². The summed E-state index contributed by atoms with van der Waals surface area (Å²) in [4.78, 5) is 7.19. The van der Waals surface area contributed by atoms with Gasteiger partial charge in [0.25, 0.3) is 0 Å². The van der Waals surface area contributed by atoms with Crippen molar-refractivity contribution in [1.29, 1.82) is 0 Å². The van der Waals surface area contributed by atoms with Gasteiger partial charge in [-0.05, 0) is 25.8 Å². The number of aliphatic hydroxyl groups excluding tert-OH is 1. The van der Waals surface area contributed by atoms with Crippen molar-refractivity contribution in [3.63, 3.8) is 0 Å². The average Bonchev–Trinajstić information content (AvgIpc) is 2.93. The Morgan fingerprint density at radius 2 is 2.00 bits per heavy atom. The van der Waals surface area contributed by atoms with E-state index in [0.717, 1.165) is 32.0 Å². The van der Waals surface area contributed by atoms with Crippen LogP contribution in [0.4, 0.5) is 0 Å². The van der Waals surface area contributed by atoms with Crippen LogP contribution in [0.5, 0.6) is 0 Å². The van der Waals surface area contributed by atoms with Crippen LogP contribution in [0.1, 0.15) is 39.7 Å². The van der Waals surface area contributed by atoms with E-state index in [0.29, 0.717) is 18.6 Å². The van der Waals surface area contributed by atoms with Crippen LogP contribution in [0, 0.1) is 5.41 Å². The maximum atomic E-state index is 9.41. The summed E-state index contributed by atoms with van der Waals surface area (Å²) in [6.07, 6.45) is 1.11. The highest BCUT2D eigenvalue weighted by Gasteiger charge is 2.29. The van der Waals surface area contributed by atoms with E-state index in [4.69, 9.17) is 0 Å². The first-order valence-corrected chi connectivity index (χ1v) is 9.37. The number of hydrogen-bond acceptors (Lipinski definition) is 3. The fourth-order valence-electron chi connectivity index (χ4n) is 3.10. The molecule has 5 nitrogen and oxygen atoms in total. The molecular weight excluding hydrogens is 439 g/mol. The summed E-state index contributed by atoms with van der Waals surface area (Å²) in [7, 11) is 0. The Bertz CT molecular complexity index is 550. The van der Waals surface area contributed by atoms with Crippen LogP contribution < -0.4 is 10.6 Å². The van der Waals surface area contributed by atoms with Gasteiger partial charge in [0.05, 0.1) is 6.54 Å².